The van der Waals surface area contributed by atoms with E-state index in [1.54, 1.807) is 13.0 Å². The fourth-order valence-electron chi connectivity index (χ4n) is 2.33. The minimum Gasteiger partial charge on any atom is -0.370 e. The first-order valence-electron chi connectivity index (χ1n) is 8.66. The Bertz CT molecular complexity index is 730. The van der Waals surface area contributed by atoms with Crippen LogP contribution in [0.4, 0.5) is 11.5 Å². The largest absolute Gasteiger partial charge is 0.370 e. The molecule has 5 nitrogen and oxygen atoms in total. The van der Waals surface area contributed by atoms with E-state index in [0.29, 0.717) is 23.3 Å². The summed E-state index contributed by atoms with van der Waals surface area (Å²) < 4.78 is 0. The van der Waals surface area contributed by atoms with Crippen LogP contribution in [0.1, 0.15) is 56.5 Å². The Morgan fingerprint density at radius 2 is 1.76 bits per heavy atom. The fourth-order valence-corrected chi connectivity index (χ4v) is 2.33. The maximum atomic E-state index is 12.5. The Morgan fingerprint density at radius 1 is 1.12 bits per heavy atom. The van der Waals surface area contributed by atoms with Crippen molar-refractivity contribution in [1.82, 2.24) is 9.97 Å². The van der Waals surface area contributed by atoms with E-state index < -0.39 is 0 Å². The Hall–Kier alpha value is -2.43. The summed E-state index contributed by atoms with van der Waals surface area (Å²) in [6.07, 6.45) is 0. The third-order valence-electron chi connectivity index (χ3n) is 3.77. The summed E-state index contributed by atoms with van der Waals surface area (Å²) in [5, 5.41) is 6.14. The second-order valence-electron chi connectivity index (χ2n) is 7.74. The van der Waals surface area contributed by atoms with Crippen molar-refractivity contribution in [1.29, 1.82) is 0 Å². The molecule has 0 fully saturated rings. The molecule has 25 heavy (non-hydrogen) atoms. The van der Waals surface area contributed by atoms with Crippen molar-refractivity contribution in [3.05, 3.63) is 47.4 Å². The molecule has 1 aromatic carbocycles. The summed E-state index contributed by atoms with van der Waals surface area (Å²) in [5.41, 5.74) is 2.43. The van der Waals surface area contributed by atoms with Crippen LogP contribution in [0.2, 0.25) is 0 Å². The Morgan fingerprint density at radius 3 is 2.32 bits per heavy atom. The molecule has 0 radical (unpaired) electrons. The topological polar surface area (TPSA) is 66.9 Å². The first-order valence-corrected chi connectivity index (χ1v) is 8.66. The maximum Gasteiger partial charge on any atom is 0.274 e. The van der Waals surface area contributed by atoms with Gasteiger partial charge in [0.15, 0.2) is 0 Å². The molecule has 5 heteroatoms. The second kappa shape index (κ2) is 7.64. The van der Waals surface area contributed by atoms with Crippen molar-refractivity contribution >= 4 is 17.4 Å². The van der Waals surface area contributed by atoms with Crippen LogP contribution in [0.25, 0.3) is 0 Å². The number of aromatic nitrogens is 2. The van der Waals surface area contributed by atoms with Crippen LogP contribution >= 0.6 is 0 Å². The van der Waals surface area contributed by atoms with Gasteiger partial charge in [-0.3, -0.25) is 4.79 Å². The third-order valence-corrected chi connectivity index (χ3v) is 3.77. The lowest BCUT2D eigenvalue weighted by molar-refractivity contribution is 0.102. The summed E-state index contributed by atoms with van der Waals surface area (Å²) in [4.78, 5) is 21.1. The van der Waals surface area contributed by atoms with Gasteiger partial charge in [-0.25, -0.2) is 9.97 Å². The van der Waals surface area contributed by atoms with Crippen LogP contribution in [-0.4, -0.2) is 22.4 Å². The van der Waals surface area contributed by atoms with Gasteiger partial charge in [0.05, 0.1) is 0 Å². The van der Waals surface area contributed by atoms with E-state index in [-0.39, 0.29) is 11.3 Å². The van der Waals surface area contributed by atoms with E-state index in [4.69, 9.17) is 0 Å². The number of benzene rings is 1. The zero-order chi connectivity index (χ0) is 18.6. The number of nitrogens with zero attached hydrogens (tertiary/aromatic N) is 2. The van der Waals surface area contributed by atoms with Gasteiger partial charge < -0.3 is 10.6 Å². The molecule has 0 saturated heterocycles. The number of hydrogen-bond acceptors (Lipinski definition) is 4. The lowest BCUT2D eigenvalue weighted by Gasteiger charge is -2.19. The molecule has 0 unspecified atom stereocenters. The van der Waals surface area contributed by atoms with Gasteiger partial charge >= 0.3 is 0 Å². The Kier molecular flexibility index (Phi) is 5.77. The highest BCUT2D eigenvalue weighted by molar-refractivity contribution is 6.03. The summed E-state index contributed by atoms with van der Waals surface area (Å²) in [6, 6.07) is 9.61. The van der Waals surface area contributed by atoms with Crippen molar-refractivity contribution in [2.45, 2.75) is 47.0 Å². The summed E-state index contributed by atoms with van der Waals surface area (Å²) in [7, 11) is 0. The van der Waals surface area contributed by atoms with Crippen LogP contribution in [0.15, 0.2) is 30.3 Å². The van der Waals surface area contributed by atoms with Crippen molar-refractivity contribution in [2.24, 2.45) is 5.92 Å². The molecule has 1 amide bonds. The molecule has 0 saturated carbocycles. The monoisotopic (exact) mass is 340 g/mol. The molecular weight excluding hydrogens is 312 g/mol. The van der Waals surface area contributed by atoms with Gasteiger partial charge in [0.1, 0.15) is 17.3 Å². The van der Waals surface area contributed by atoms with Crippen LogP contribution in [0.3, 0.4) is 0 Å². The quantitative estimate of drug-likeness (QED) is 0.846. The average molecular weight is 340 g/mol. The van der Waals surface area contributed by atoms with E-state index in [1.807, 2.05) is 24.3 Å². The Labute approximate surface area is 150 Å². The molecule has 0 aliphatic heterocycles. The number of amides is 1. The first-order chi connectivity index (χ1) is 11.6. The number of aryl methyl sites for hydroxylation is 1. The standard InChI is InChI=1S/C20H28N4O/c1-13(2)12-21-18-11-17(22-14(3)23-18)19(25)24-16-9-7-15(8-10-16)20(4,5)6/h7-11,13H,12H2,1-6H3,(H,24,25)(H,21,22,23). The maximum absolute atomic E-state index is 12.5. The average Bonchev–Trinajstić information content (AvgIpc) is 2.52. The van der Waals surface area contributed by atoms with Crippen molar-refractivity contribution in [3.63, 3.8) is 0 Å². The summed E-state index contributed by atoms with van der Waals surface area (Å²) >= 11 is 0. The minimum absolute atomic E-state index is 0.0866. The molecule has 1 aromatic heterocycles. The van der Waals surface area contributed by atoms with E-state index in [9.17, 15) is 4.79 Å². The van der Waals surface area contributed by atoms with E-state index in [0.717, 1.165) is 12.2 Å². The molecule has 2 N–H and O–H groups in total. The molecule has 0 bridgehead atoms. The van der Waals surface area contributed by atoms with Gasteiger partial charge in [-0.05, 0) is 36.0 Å². The fraction of sp³-hybridized carbons (Fsp3) is 0.450. The molecule has 0 spiro atoms. The lowest BCUT2D eigenvalue weighted by atomic mass is 9.87. The number of nitrogens with one attached hydrogen (secondary N) is 2. The van der Waals surface area contributed by atoms with Crippen LogP contribution in [-0.2, 0) is 5.41 Å². The highest BCUT2D eigenvalue weighted by atomic mass is 16.1. The van der Waals surface area contributed by atoms with Gasteiger partial charge in [-0.1, -0.05) is 46.8 Å². The molecule has 0 atom stereocenters. The van der Waals surface area contributed by atoms with Crippen LogP contribution in [0, 0.1) is 12.8 Å². The molecule has 2 aromatic rings. The van der Waals surface area contributed by atoms with Gasteiger partial charge in [-0.2, -0.15) is 0 Å². The van der Waals surface area contributed by atoms with E-state index in [2.05, 4.69) is 55.2 Å². The summed E-state index contributed by atoms with van der Waals surface area (Å²) in [6.45, 7) is 13.3. The number of rotatable bonds is 5. The molecule has 1 heterocycles. The predicted octanol–water partition coefficient (Wildman–Crippen LogP) is 4.40. The molecular formula is C20H28N4O. The lowest BCUT2D eigenvalue weighted by Crippen LogP contribution is -2.17. The second-order valence-corrected chi connectivity index (χ2v) is 7.74. The van der Waals surface area contributed by atoms with Crippen molar-refractivity contribution < 1.29 is 4.79 Å². The van der Waals surface area contributed by atoms with Crippen LogP contribution < -0.4 is 10.6 Å². The number of hydrogen-bond donors (Lipinski definition) is 2. The first kappa shape index (κ1) is 18.9. The number of carbonyl (C=O) groups is 1. The van der Waals surface area contributed by atoms with Gasteiger partial charge in [0.25, 0.3) is 5.91 Å². The molecule has 0 aliphatic carbocycles. The van der Waals surface area contributed by atoms with Crippen molar-refractivity contribution in [2.75, 3.05) is 17.2 Å². The normalized spacial score (nSPS) is 11.5. The number of anilines is 2. The van der Waals surface area contributed by atoms with E-state index >= 15 is 0 Å². The van der Waals surface area contributed by atoms with Crippen LogP contribution in [0.5, 0.6) is 0 Å². The highest BCUT2D eigenvalue weighted by Gasteiger charge is 2.14. The minimum atomic E-state index is -0.235. The molecule has 134 valence electrons. The third kappa shape index (κ3) is 5.55. The van der Waals surface area contributed by atoms with Gasteiger partial charge in [-0.15, -0.1) is 0 Å². The number of carbonyl (C=O) groups excluding carboxylic acids is 1. The zero-order valence-electron chi connectivity index (χ0n) is 16.0. The Balaban J connectivity index is 2.12. The predicted molar refractivity (Wildman–Crippen MR) is 103 cm³/mol. The van der Waals surface area contributed by atoms with Gasteiger partial charge in [0, 0.05) is 18.3 Å². The van der Waals surface area contributed by atoms with Crippen molar-refractivity contribution in [3.8, 4) is 0 Å². The van der Waals surface area contributed by atoms with E-state index in [1.165, 1.54) is 5.56 Å². The smallest absolute Gasteiger partial charge is 0.274 e. The molecule has 0 aliphatic rings. The van der Waals surface area contributed by atoms with Gasteiger partial charge in [0.2, 0.25) is 0 Å². The SMILES string of the molecule is Cc1nc(NCC(C)C)cc(C(=O)Nc2ccc(C(C)(C)C)cc2)n1. The summed E-state index contributed by atoms with van der Waals surface area (Å²) in [5.74, 6) is 1.51. The highest BCUT2D eigenvalue weighted by Crippen LogP contribution is 2.23. The molecule has 2 rings (SSSR count). The zero-order valence-corrected chi connectivity index (χ0v) is 16.0.